The van der Waals surface area contributed by atoms with Crippen molar-refractivity contribution in [3.8, 4) is 11.5 Å². The molecule has 0 saturated carbocycles. The van der Waals surface area contributed by atoms with E-state index in [1.165, 1.54) is 0 Å². The minimum absolute atomic E-state index is 0.0903. The molecule has 0 aliphatic carbocycles. The molecule has 0 bridgehead atoms. The zero-order chi connectivity index (χ0) is 19.8. The van der Waals surface area contributed by atoms with Gasteiger partial charge in [0.25, 0.3) is 5.91 Å². The summed E-state index contributed by atoms with van der Waals surface area (Å²) in [5.41, 5.74) is 2.83. The lowest BCUT2D eigenvalue weighted by Gasteiger charge is -2.16. The van der Waals surface area contributed by atoms with E-state index in [-0.39, 0.29) is 18.6 Å². The Balaban J connectivity index is 1.57. The molecular weight excluding hydrogens is 356 g/mol. The lowest BCUT2D eigenvalue weighted by Crippen LogP contribution is -2.26. The highest BCUT2D eigenvalue weighted by Crippen LogP contribution is 2.31. The SMILES string of the molecule is COc1cccc(CNC[C@@H]2CCCO2)c1OCC(=O)Nc1ccc(C)cc1. The Bertz CT molecular complexity index is 771. The molecule has 1 atom stereocenters. The summed E-state index contributed by atoms with van der Waals surface area (Å²) >= 11 is 0. The molecule has 6 nitrogen and oxygen atoms in total. The summed E-state index contributed by atoms with van der Waals surface area (Å²) in [5, 5.41) is 6.25. The summed E-state index contributed by atoms with van der Waals surface area (Å²) < 4.78 is 16.9. The Morgan fingerprint density at radius 3 is 2.75 bits per heavy atom. The summed E-state index contributed by atoms with van der Waals surface area (Å²) in [5.74, 6) is 0.983. The summed E-state index contributed by atoms with van der Waals surface area (Å²) in [6, 6.07) is 13.4. The van der Waals surface area contributed by atoms with Gasteiger partial charge in [0.05, 0.1) is 13.2 Å². The normalized spacial score (nSPS) is 16.0. The number of para-hydroxylation sites is 1. The van der Waals surface area contributed by atoms with Crippen molar-refractivity contribution in [2.45, 2.75) is 32.4 Å². The zero-order valence-electron chi connectivity index (χ0n) is 16.5. The molecule has 0 spiro atoms. The van der Waals surface area contributed by atoms with Crippen LogP contribution in [-0.4, -0.2) is 38.9 Å². The van der Waals surface area contributed by atoms with Gasteiger partial charge in [-0.15, -0.1) is 0 Å². The highest BCUT2D eigenvalue weighted by Gasteiger charge is 2.16. The maximum absolute atomic E-state index is 12.3. The van der Waals surface area contributed by atoms with Gasteiger partial charge in [-0.25, -0.2) is 0 Å². The van der Waals surface area contributed by atoms with Gasteiger partial charge in [-0.3, -0.25) is 4.79 Å². The highest BCUT2D eigenvalue weighted by molar-refractivity contribution is 5.91. The van der Waals surface area contributed by atoms with Crippen LogP contribution in [0.25, 0.3) is 0 Å². The van der Waals surface area contributed by atoms with Crippen molar-refractivity contribution in [1.29, 1.82) is 0 Å². The summed E-state index contributed by atoms with van der Waals surface area (Å²) in [6.45, 7) is 4.17. The van der Waals surface area contributed by atoms with E-state index in [0.29, 0.717) is 18.0 Å². The van der Waals surface area contributed by atoms with Gasteiger partial charge in [0.15, 0.2) is 18.1 Å². The monoisotopic (exact) mass is 384 g/mol. The molecule has 1 saturated heterocycles. The van der Waals surface area contributed by atoms with E-state index in [2.05, 4.69) is 10.6 Å². The number of carbonyl (C=O) groups is 1. The second kappa shape index (κ2) is 10.1. The molecule has 3 rings (SSSR count). The smallest absolute Gasteiger partial charge is 0.262 e. The average Bonchev–Trinajstić information content (AvgIpc) is 3.22. The van der Waals surface area contributed by atoms with Gasteiger partial charge in [-0.05, 0) is 38.0 Å². The fraction of sp³-hybridized carbons (Fsp3) is 0.409. The van der Waals surface area contributed by atoms with Crippen molar-refractivity contribution in [3.05, 3.63) is 53.6 Å². The largest absolute Gasteiger partial charge is 0.493 e. The van der Waals surface area contributed by atoms with E-state index in [0.717, 1.165) is 42.8 Å². The molecule has 0 aromatic heterocycles. The molecule has 1 heterocycles. The van der Waals surface area contributed by atoms with E-state index in [9.17, 15) is 4.79 Å². The molecule has 1 amide bonds. The van der Waals surface area contributed by atoms with Gasteiger partial charge in [0.2, 0.25) is 0 Å². The van der Waals surface area contributed by atoms with Gasteiger partial charge < -0.3 is 24.8 Å². The molecule has 2 N–H and O–H groups in total. The van der Waals surface area contributed by atoms with Crippen LogP contribution < -0.4 is 20.1 Å². The molecule has 0 unspecified atom stereocenters. The first-order chi connectivity index (χ1) is 13.7. The Labute approximate surface area is 166 Å². The quantitative estimate of drug-likeness (QED) is 0.694. The van der Waals surface area contributed by atoms with Gasteiger partial charge in [-0.1, -0.05) is 29.8 Å². The molecule has 1 fully saturated rings. The Hall–Kier alpha value is -2.57. The van der Waals surface area contributed by atoms with E-state index < -0.39 is 0 Å². The first kappa shape index (κ1) is 20.2. The van der Waals surface area contributed by atoms with Crippen LogP contribution in [0.3, 0.4) is 0 Å². The standard InChI is InChI=1S/C22H28N2O4/c1-16-8-10-18(11-9-16)24-21(25)15-28-22-17(5-3-7-20(22)26-2)13-23-14-19-6-4-12-27-19/h3,5,7-11,19,23H,4,6,12-15H2,1-2H3,(H,24,25)/t19-/m0/s1. The van der Waals surface area contributed by atoms with E-state index in [4.69, 9.17) is 14.2 Å². The van der Waals surface area contributed by atoms with Crippen LogP contribution in [0.2, 0.25) is 0 Å². The number of methoxy groups -OCH3 is 1. The van der Waals surface area contributed by atoms with Gasteiger partial charge in [-0.2, -0.15) is 0 Å². The number of ether oxygens (including phenoxy) is 3. The third-order valence-corrected chi connectivity index (χ3v) is 4.67. The van der Waals surface area contributed by atoms with Crippen molar-refractivity contribution in [1.82, 2.24) is 5.32 Å². The first-order valence-corrected chi connectivity index (χ1v) is 9.63. The summed E-state index contributed by atoms with van der Waals surface area (Å²) in [6.07, 6.45) is 2.49. The number of anilines is 1. The van der Waals surface area contributed by atoms with E-state index in [1.54, 1.807) is 7.11 Å². The predicted molar refractivity (Wildman–Crippen MR) is 109 cm³/mol. The number of amides is 1. The van der Waals surface area contributed by atoms with E-state index >= 15 is 0 Å². The molecule has 2 aromatic rings. The van der Waals surface area contributed by atoms with Crippen LogP contribution >= 0.6 is 0 Å². The first-order valence-electron chi connectivity index (χ1n) is 9.63. The fourth-order valence-electron chi connectivity index (χ4n) is 3.17. The number of benzene rings is 2. The summed E-state index contributed by atoms with van der Waals surface area (Å²) in [7, 11) is 1.60. The molecule has 1 aliphatic heterocycles. The third kappa shape index (κ3) is 5.71. The molecule has 2 aromatic carbocycles. The van der Waals surface area contributed by atoms with Crippen molar-refractivity contribution in [2.24, 2.45) is 0 Å². The number of hydrogen-bond donors (Lipinski definition) is 2. The van der Waals surface area contributed by atoms with Gasteiger partial charge in [0.1, 0.15) is 0 Å². The van der Waals surface area contributed by atoms with Crippen LogP contribution in [0, 0.1) is 6.92 Å². The maximum atomic E-state index is 12.3. The molecule has 0 radical (unpaired) electrons. The van der Waals surface area contributed by atoms with Crippen LogP contribution in [0.15, 0.2) is 42.5 Å². The van der Waals surface area contributed by atoms with Gasteiger partial charge >= 0.3 is 0 Å². The molecule has 150 valence electrons. The van der Waals surface area contributed by atoms with Crippen LogP contribution in [0.1, 0.15) is 24.0 Å². The van der Waals surface area contributed by atoms with Crippen molar-refractivity contribution < 1.29 is 19.0 Å². The lowest BCUT2D eigenvalue weighted by molar-refractivity contribution is -0.118. The maximum Gasteiger partial charge on any atom is 0.262 e. The third-order valence-electron chi connectivity index (χ3n) is 4.67. The van der Waals surface area contributed by atoms with Crippen molar-refractivity contribution in [2.75, 3.05) is 32.2 Å². The van der Waals surface area contributed by atoms with Crippen molar-refractivity contribution in [3.63, 3.8) is 0 Å². The van der Waals surface area contributed by atoms with Gasteiger partial charge in [0, 0.05) is 30.9 Å². The number of hydrogen-bond acceptors (Lipinski definition) is 5. The number of carbonyl (C=O) groups excluding carboxylic acids is 1. The number of nitrogens with one attached hydrogen (secondary N) is 2. The number of aryl methyl sites for hydroxylation is 1. The highest BCUT2D eigenvalue weighted by atomic mass is 16.5. The van der Waals surface area contributed by atoms with Crippen molar-refractivity contribution >= 4 is 11.6 Å². The predicted octanol–water partition coefficient (Wildman–Crippen LogP) is 3.29. The lowest BCUT2D eigenvalue weighted by atomic mass is 10.1. The molecular formula is C22H28N2O4. The molecule has 28 heavy (non-hydrogen) atoms. The second-order valence-corrected chi connectivity index (χ2v) is 6.92. The second-order valence-electron chi connectivity index (χ2n) is 6.92. The Morgan fingerprint density at radius 2 is 2.04 bits per heavy atom. The van der Waals surface area contributed by atoms with E-state index in [1.807, 2.05) is 49.4 Å². The fourth-order valence-corrected chi connectivity index (χ4v) is 3.17. The Morgan fingerprint density at radius 1 is 1.21 bits per heavy atom. The number of rotatable bonds is 9. The minimum atomic E-state index is -0.215. The average molecular weight is 384 g/mol. The Kier molecular flexibility index (Phi) is 7.28. The molecule has 1 aliphatic rings. The minimum Gasteiger partial charge on any atom is -0.493 e. The van der Waals surface area contributed by atoms with Crippen LogP contribution in [0.5, 0.6) is 11.5 Å². The molecule has 6 heteroatoms. The van der Waals surface area contributed by atoms with Crippen LogP contribution in [-0.2, 0) is 16.1 Å². The summed E-state index contributed by atoms with van der Waals surface area (Å²) in [4.78, 5) is 12.3. The topological polar surface area (TPSA) is 68.8 Å². The zero-order valence-corrected chi connectivity index (χ0v) is 16.5. The van der Waals surface area contributed by atoms with Crippen LogP contribution in [0.4, 0.5) is 5.69 Å².